The number of hydrogen-bond acceptors (Lipinski definition) is 3. The van der Waals surface area contributed by atoms with Crippen LogP contribution < -0.4 is 0 Å². The van der Waals surface area contributed by atoms with Gasteiger partial charge < -0.3 is 10.0 Å². The van der Waals surface area contributed by atoms with E-state index < -0.39 is 5.97 Å². The normalized spacial score (nSPS) is 20.1. The number of aliphatic carboxylic acids is 1. The van der Waals surface area contributed by atoms with Crippen LogP contribution in [0.25, 0.3) is 0 Å². The van der Waals surface area contributed by atoms with E-state index >= 15 is 0 Å². The molecular weight excluding hydrogens is 226 g/mol. The molecule has 92 valence electrons. The first-order valence-corrected chi connectivity index (χ1v) is 6.78. The fraction of sp³-hybridized carbons (Fsp3) is 0.818. The van der Waals surface area contributed by atoms with Crippen molar-refractivity contribution >= 4 is 23.6 Å². The second-order valence-electron chi connectivity index (χ2n) is 4.33. The maximum Gasteiger partial charge on any atom is 0.305 e. The van der Waals surface area contributed by atoms with E-state index in [-0.39, 0.29) is 24.3 Å². The topological polar surface area (TPSA) is 57.6 Å². The lowest BCUT2D eigenvalue weighted by Crippen LogP contribution is -2.42. The van der Waals surface area contributed by atoms with E-state index in [2.05, 4.69) is 0 Å². The van der Waals surface area contributed by atoms with Crippen LogP contribution in [0.3, 0.4) is 0 Å². The molecule has 1 aliphatic rings. The van der Waals surface area contributed by atoms with E-state index in [1.165, 1.54) is 0 Å². The smallest absolute Gasteiger partial charge is 0.305 e. The first-order chi connectivity index (χ1) is 7.52. The van der Waals surface area contributed by atoms with Gasteiger partial charge in [0.05, 0.1) is 6.42 Å². The van der Waals surface area contributed by atoms with Crippen molar-refractivity contribution in [2.45, 2.75) is 32.7 Å². The number of carboxylic acids is 1. The predicted octanol–water partition coefficient (Wildman–Crippen LogP) is 1.45. The molecule has 1 heterocycles. The van der Waals surface area contributed by atoms with E-state index in [1.54, 1.807) is 16.7 Å². The van der Waals surface area contributed by atoms with Crippen LogP contribution in [-0.4, -0.2) is 46.0 Å². The van der Waals surface area contributed by atoms with Crippen LogP contribution in [-0.2, 0) is 9.59 Å². The molecule has 0 radical (unpaired) electrons. The van der Waals surface area contributed by atoms with Gasteiger partial charge in [0.1, 0.15) is 0 Å². The molecule has 0 bridgehead atoms. The standard InChI is InChI=1S/C11H19NO3S/c1-8(2)12(5-3-10(13)14)11(15)9-4-6-16-7-9/h8-9H,3-7H2,1-2H3,(H,13,14). The van der Waals surface area contributed by atoms with Crippen molar-refractivity contribution in [2.75, 3.05) is 18.1 Å². The largest absolute Gasteiger partial charge is 0.481 e. The van der Waals surface area contributed by atoms with Crippen molar-refractivity contribution in [1.82, 2.24) is 4.90 Å². The molecule has 1 atom stereocenters. The SMILES string of the molecule is CC(C)N(CCC(=O)O)C(=O)C1CCSC1. The molecule has 0 saturated carbocycles. The highest BCUT2D eigenvalue weighted by atomic mass is 32.2. The number of hydrogen-bond donors (Lipinski definition) is 1. The quantitative estimate of drug-likeness (QED) is 0.796. The Hall–Kier alpha value is -0.710. The number of carbonyl (C=O) groups excluding carboxylic acids is 1. The molecule has 16 heavy (non-hydrogen) atoms. The molecule has 0 aromatic carbocycles. The van der Waals surface area contributed by atoms with E-state index in [0.717, 1.165) is 17.9 Å². The molecule has 1 saturated heterocycles. The first-order valence-electron chi connectivity index (χ1n) is 5.62. The number of rotatable bonds is 5. The number of amides is 1. The summed E-state index contributed by atoms with van der Waals surface area (Å²) in [5.41, 5.74) is 0. The highest BCUT2D eigenvalue weighted by Crippen LogP contribution is 2.25. The number of nitrogens with zero attached hydrogens (tertiary/aromatic N) is 1. The minimum atomic E-state index is -0.848. The lowest BCUT2D eigenvalue weighted by molar-refractivity contribution is -0.140. The molecule has 0 spiro atoms. The average Bonchev–Trinajstić information content (AvgIpc) is 2.69. The minimum Gasteiger partial charge on any atom is -0.481 e. The average molecular weight is 245 g/mol. The summed E-state index contributed by atoms with van der Waals surface area (Å²) in [4.78, 5) is 24.3. The van der Waals surface area contributed by atoms with Crippen LogP contribution in [0.15, 0.2) is 0 Å². The summed E-state index contributed by atoms with van der Waals surface area (Å²) in [6, 6.07) is 0.0810. The van der Waals surface area contributed by atoms with Crippen LogP contribution in [0.5, 0.6) is 0 Å². The van der Waals surface area contributed by atoms with E-state index in [0.29, 0.717) is 6.54 Å². The third kappa shape index (κ3) is 3.70. The van der Waals surface area contributed by atoms with Gasteiger partial charge in [-0.1, -0.05) is 0 Å². The molecule has 5 heteroatoms. The predicted molar refractivity (Wildman–Crippen MR) is 64.5 cm³/mol. The second-order valence-corrected chi connectivity index (χ2v) is 5.48. The molecule has 1 N–H and O–H groups in total. The van der Waals surface area contributed by atoms with Crippen LogP contribution >= 0.6 is 11.8 Å². The Morgan fingerprint density at radius 3 is 2.62 bits per heavy atom. The summed E-state index contributed by atoms with van der Waals surface area (Å²) in [7, 11) is 0. The van der Waals surface area contributed by atoms with Crippen molar-refractivity contribution in [3.05, 3.63) is 0 Å². The van der Waals surface area contributed by atoms with Gasteiger partial charge in [-0.05, 0) is 26.0 Å². The summed E-state index contributed by atoms with van der Waals surface area (Å²) in [5.74, 6) is 1.30. The summed E-state index contributed by atoms with van der Waals surface area (Å²) in [6.07, 6.45) is 0.962. The Labute approximate surface area is 100 Å². The van der Waals surface area contributed by atoms with Gasteiger partial charge in [0.25, 0.3) is 0 Å². The van der Waals surface area contributed by atoms with Crippen LogP contribution in [0.1, 0.15) is 26.7 Å². The van der Waals surface area contributed by atoms with Gasteiger partial charge in [-0.15, -0.1) is 0 Å². The maximum atomic E-state index is 12.1. The van der Waals surface area contributed by atoms with E-state index in [9.17, 15) is 9.59 Å². The number of carbonyl (C=O) groups is 2. The van der Waals surface area contributed by atoms with Crippen LogP contribution in [0, 0.1) is 5.92 Å². The zero-order valence-electron chi connectivity index (χ0n) is 9.81. The van der Waals surface area contributed by atoms with Crippen LogP contribution in [0.2, 0.25) is 0 Å². The van der Waals surface area contributed by atoms with E-state index in [1.807, 2.05) is 13.8 Å². The summed E-state index contributed by atoms with van der Waals surface area (Å²) >= 11 is 1.80. The highest BCUT2D eigenvalue weighted by molar-refractivity contribution is 7.99. The van der Waals surface area contributed by atoms with Gasteiger partial charge in [0.15, 0.2) is 0 Å². The third-order valence-corrected chi connectivity index (χ3v) is 3.91. The molecule has 1 unspecified atom stereocenters. The third-order valence-electron chi connectivity index (χ3n) is 2.75. The van der Waals surface area contributed by atoms with Crippen molar-refractivity contribution in [1.29, 1.82) is 0 Å². The van der Waals surface area contributed by atoms with Crippen molar-refractivity contribution in [2.24, 2.45) is 5.92 Å². The van der Waals surface area contributed by atoms with Crippen molar-refractivity contribution in [3.63, 3.8) is 0 Å². The van der Waals surface area contributed by atoms with Crippen molar-refractivity contribution < 1.29 is 14.7 Å². The van der Waals surface area contributed by atoms with Gasteiger partial charge in [-0.3, -0.25) is 9.59 Å². The van der Waals surface area contributed by atoms with Gasteiger partial charge in [0, 0.05) is 24.3 Å². The first kappa shape index (κ1) is 13.4. The molecule has 0 aliphatic carbocycles. The lowest BCUT2D eigenvalue weighted by Gasteiger charge is -2.28. The summed E-state index contributed by atoms with van der Waals surface area (Å²) in [5, 5.41) is 8.65. The number of carboxylic acid groups (broad SMARTS) is 1. The van der Waals surface area contributed by atoms with Gasteiger partial charge >= 0.3 is 5.97 Å². The zero-order chi connectivity index (χ0) is 12.1. The Morgan fingerprint density at radius 1 is 1.50 bits per heavy atom. The fourth-order valence-corrected chi connectivity index (χ4v) is 3.01. The lowest BCUT2D eigenvalue weighted by atomic mass is 10.1. The number of thioether (sulfide) groups is 1. The molecule has 1 rings (SSSR count). The Morgan fingerprint density at radius 2 is 2.19 bits per heavy atom. The summed E-state index contributed by atoms with van der Waals surface area (Å²) < 4.78 is 0. The fourth-order valence-electron chi connectivity index (χ4n) is 1.80. The zero-order valence-corrected chi connectivity index (χ0v) is 10.6. The summed E-state index contributed by atoms with van der Waals surface area (Å²) in [6.45, 7) is 4.19. The Balaban J connectivity index is 2.54. The molecular formula is C11H19NO3S. The molecule has 0 aromatic rings. The molecule has 1 aliphatic heterocycles. The highest BCUT2D eigenvalue weighted by Gasteiger charge is 2.28. The second kappa shape index (κ2) is 6.13. The van der Waals surface area contributed by atoms with Crippen molar-refractivity contribution in [3.8, 4) is 0 Å². The maximum absolute atomic E-state index is 12.1. The molecule has 1 fully saturated rings. The van der Waals surface area contributed by atoms with E-state index in [4.69, 9.17) is 5.11 Å². The molecule has 4 nitrogen and oxygen atoms in total. The van der Waals surface area contributed by atoms with Crippen LogP contribution in [0.4, 0.5) is 0 Å². The van der Waals surface area contributed by atoms with Gasteiger partial charge in [-0.25, -0.2) is 0 Å². The molecule has 0 aromatic heterocycles. The van der Waals surface area contributed by atoms with Gasteiger partial charge in [-0.2, -0.15) is 11.8 Å². The Kier molecular flexibility index (Phi) is 5.12. The minimum absolute atomic E-state index is 0.0315. The molecule has 1 amide bonds. The van der Waals surface area contributed by atoms with Gasteiger partial charge in [0.2, 0.25) is 5.91 Å². The Bertz CT molecular complexity index is 262. The monoisotopic (exact) mass is 245 g/mol.